The molecule has 0 radical (unpaired) electrons. The number of fused-ring (bicyclic) bond motifs is 1. The number of aryl methyl sites for hydroxylation is 1. The quantitative estimate of drug-likeness (QED) is 0.149. The molecule has 2 rings (SSSR count). The molecule has 1 N–H and O–H groups in total. The van der Waals surface area contributed by atoms with Crippen LogP contribution in [0.5, 0.6) is 0 Å². The average molecular weight is 468 g/mol. The number of hydrogen-bond donors (Lipinski definition) is 1. The summed E-state index contributed by atoms with van der Waals surface area (Å²) in [5, 5.41) is 2.87. The third-order valence-corrected chi connectivity index (χ3v) is 6.80. The number of nitrogens with one attached hydrogen (secondary N) is 1. The van der Waals surface area contributed by atoms with Gasteiger partial charge in [0.1, 0.15) is 5.82 Å². The maximum Gasteiger partial charge on any atom is 0.243 e. The monoisotopic (exact) mass is 467 g/mol. The Balaban J connectivity index is 1.54. The van der Waals surface area contributed by atoms with Crippen molar-refractivity contribution in [2.45, 2.75) is 123 Å². The standard InChI is InChI=1S/C30H49N3O/c1-3-5-6-7-8-9-10-11-12-13-14-15-16-17-18-21-26-33-28-23-20-19-22-27(28)32-29(33)24-25-31-30(34)4-2/h4,19-20,22-23H,2-3,5-18,21,24-26H2,1H3,(H,31,34). The zero-order valence-corrected chi connectivity index (χ0v) is 21.8. The molecule has 1 aromatic heterocycles. The highest BCUT2D eigenvalue weighted by atomic mass is 16.1. The van der Waals surface area contributed by atoms with Crippen molar-refractivity contribution < 1.29 is 4.79 Å². The van der Waals surface area contributed by atoms with Gasteiger partial charge in [-0.15, -0.1) is 0 Å². The van der Waals surface area contributed by atoms with Gasteiger partial charge in [-0.05, 0) is 24.6 Å². The minimum Gasteiger partial charge on any atom is -0.352 e. The van der Waals surface area contributed by atoms with Gasteiger partial charge in [0.05, 0.1) is 11.0 Å². The van der Waals surface area contributed by atoms with Crippen LogP contribution in [0.1, 0.15) is 115 Å². The number of nitrogens with zero attached hydrogens (tertiary/aromatic N) is 2. The number of para-hydroxylation sites is 2. The van der Waals surface area contributed by atoms with Crippen molar-refractivity contribution in [2.24, 2.45) is 0 Å². The summed E-state index contributed by atoms with van der Waals surface area (Å²) in [7, 11) is 0. The zero-order chi connectivity index (χ0) is 24.3. The van der Waals surface area contributed by atoms with Gasteiger partial charge < -0.3 is 9.88 Å². The lowest BCUT2D eigenvalue weighted by Gasteiger charge is -2.10. The van der Waals surface area contributed by atoms with E-state index in [2.05, 4.69) is 41.6 Å². The van der Waals surface area contributed by atoms with Crippen LogP contribution in [0, 0.1) is 0 Å². The molecule has 0 saturated carbocycles. The Bertz CT molecular complexity index is 810. The van der Waals surface area contributed by atoms with E-state index in [-0.39, 0.29) is 5.91 Å². The molecule has 0 fully saturated rings. The van der Waals surface area contributed by atoms with E-state index in [4.69, 9.17) is 4.98 Å². The van der Waals surface area contributed by atoms with E-state index >= 15 is 0 Å². The number of aromatic nitrogens is 2. The van der Waals surface area contributed by atoms with Crippen LogP contribution >= 0.6 is 0 Å². The van der Waals surface area contributed by atoms with Crippen LogP contribution in [0.2, 0.25) is 0 Å². The van der Waals surface area contributed by atoms with Crippen LogP contribution in [0.3, 0.4) is 0 Å². The number of hydrogen-bond acceptors (Lipinski definition) is 2. The van der Waals surface area contributed by atoms with Crippen molar-refractivity contribution in [3.8, 4) is 0 Å². The number of carbonyl (C=O) groups excluding carboxylic acids is 1. The number of imidazole rings is 1. The summed E-state index contributed by atoms with van der Waals surface area (Å²) in [6.07, 6.45) is 24.3. The molecule has 4 heteroatoms. The minimum atomic E-state index is -0.125. The zero-order valence-electron chi connectivity index (χ0n) is 21.8. The lowest BCUT2D eigenvalue weighted by molar-refractivity contribution is -0.116. The number of carbonyl (C=O) groups is 1. The second-order valence-corrected chi connectivity index (χ2v) is 9.72. The summed E-state index contributed by atoms with van der Waals surface area (Å²) in [6, 6.07) is 8.35. The van der Waals surface area contributed by atoms with E-state index in [1.54, 1.807) is 0 Å². The van der Waals surface area contributed by atoms with Crippen molar-refractivity contribution in [3.05, 3.63) is 42.7 Å². The van der Waals surface area contributed by atoms with Crippen molar-refractivity contribution >= 4 is 16.9 Å². The maximum atomic E-state index is 11.4. The smallest absolute Gasteiger partial charge is 0.243 e. The van der Waals surface area contributed by atoms with Crippen LogP contribution in [0.25, 0.3) is 11.0 Å². The molecule has 0 spiro atoms. The minimum absolute atomic E-state index is 0.125. The van der Waals surface area contributed by atoms with Gasteiger partial charge in [0, 0.05) is 19.5 Å². The third kappa shape index (κ3) is 11.4. The molecule has 0 bridgehead atoms. The normalized spacial score (nSPS) is 11.2. The summed E-state index contributed by atoms with van der Waals surface area (Å²) in [5.41, 5.74) is 2.25. The predicted octanol–water partition coefficient (Wildman–Crippen LogP) is 8.14. The summed E-state index contributed by atoms with van der Waals surface area (Å²) in [5.74, 6) is 0.937. The van der Waals surface area contributed by atoms with Gasteiger partial charge in [-0.25, -0.2) is 4.98 Å². The molecule has 1 amide bonds. The van der Waals surface area contributed by atoms with Gasteiger partial charge in [0.2, 0.25) is 5.91 Å². The van der Waals surface area contributed by atoms with Gasteiger partial charge in [0.25, 0.3) is 0 Å². The Morgan fingerprint density at radius 3 is 1.94 bits per heavy atom. The number of amides is 1. The molecule has 2 aromatic rings. The van der Waals surface area contributed by atoms with Crippen LogP contribution in [-0.4, -0.2) is 22.0 Å². The van der Waals surface area contributed by atoms with E-state index < -0.39 is 0 Å². The van der Waals surface area contributed by atoms with Crippen molar-refractivity contribution in [3.63, 3.8) is 0 Å². The summed E-state index contributed by atoms with van der Waals surface area (Å²) in [6.45, 7) is 7.39. The van der Waals surface area contributed by atoms with E-state index in [1.165, 1.54) is 114 Å². The molecule has 190 valence electrons. The van der Waals surface area contributed by atoms with Crippen LogP contribution in [0.15, 0.2) is 36.9 Å². The number of unbranched alkanes of at least 4 members (excludes halogenated alkanes) is 15. The molecule has 0 atom stereocenters. The summed E-state index contributed by atoms with van der Waals surface area (Å²) in [4.78, 5) is 16.3. The maximum absolute atomic E-state index is 11.4. The third-order valence-electron chi connectivity index (χ3n) is 6.80. The molecular weight excluding hydrogens is 418 g/mol. The van der Waals surface area contributed by atoms with E-state index in [1.807, 2.05) is 6.07 Å². The highest BCUT2D eigenvalue weighted by Gasteiger charge is 2.10. The fraction of sp³-hybridized carbons (Fsp3) is 0.667. The van der Waals surface area contributed by atoms with Crippen LogP contribution in [0.4, 0.5) is 0 Å². The van der Waals surface area contributed by atoms with Crippen molar-refractivity contribution in [2.75, 3.05) is 6.54 Å². The van der Waals surface area contributed by atoms with Gasteiger partial charge >= 0.3 is 0 Å². The van der Waals surface area contributed by atoms with Crippen LogP contribution < -0.4 is 5.32 Å². The lowest BCUT2D eigenvalue weighted by atomic mass is 10.0. The largest absolute Gasteiger partial charge is 0.352 e. The second-order valence-electron chi connectivity index (χ2n) is 9.72. The Morgan fingerprint density at radius 2 is 1.38 bits per heavy atom. The molecule has 0 aliphatic heterocycles. The molecule has 0 aliphatic rings. The second kappa shape index (κ2) is 18.3. The Hall–Kier alpha value is -2.10. The molecule has 0 aliphatic carbocycles. The molecule has 34 heavy (non-hydrogen) atoms. The Labute approximate surface area is 208 Å². The highest BCUT2D eigenvalue weighted by molar-refractivity contribution is 5.86. The van der Waals surface area contributed by atoms with Crippen LogP contribution in [-0.2, 0) is 17.8 Å². The highest BCUT2D eigenvalue weighted by Crippen LogP contribution is 2.18. The fourth-order valence-electron chi connectivity index (χ4n) is 4.75. The Kier molecular flexibility index (Phi) is 15.1. The number of rotatable bonds is 21. The average Bonchev–Trinajstić information content (AvgIpc) is 3.20. The molecule has 4 nitrogen and oxygen atoms in total. The molecule has 0 unspecified atom stereocenters. The number of benzene rings is 1. The van der Waals surface area contributed by atoms with E-state index in [0.29, 0.717) is 6.54 Å². The van der Waals surface area contributed by atoms with Gasteiger partial charge in [0.15, 0.2) is 0 Å². The fourth-order valence-corrected chi connectivity index (χ4v) is 4.75. The first-order chi connectivity index (χ1) is 16.8. The van der Waals surface area contributed by atoms with E-state index in [0.717, 1.165) is 24.3 Å². The molecular formula is C30H49N3O. The molecule has 1 heterocycles. The first kappa shape index (κ1) is 28.1. The first-order valence-electron chi connectivity index (χ1n) is 14.1. The van der Waals surface area contributed by atoms with E-state index in [9.17, 15) is 4.79 Å². The molecule has 0 saturated heterocycles. The SMILES string of the molecule is C=CC(=O)NCCc1nc2ccccc2n1CCCCCCCCCCCCCCCCCC. The first-order valence-corrected chi connectivity index (χ1v) is 14.1. The van der Waals surface area contributed by atoms with Gasteiger partial charge in [-0.2, -0.15) is 0 Å². The lowest BCUT2D eigenvalue weighted by Crippen LogP contribution is -2.24. The van der Waals surface area contributed by atoms with Crippen molar-refractivity contribution in [1.29, 1.82) is 0 Å². The molecule has 1 aromatic carbocycles. The van der Waals surface area contributed by atoms with Gasteiger partial charge in [-0.3, -0.25) is 4.79 Å². The predicted molar refractivity (Wildman–Crippen MR) is 146 cm³/mol. The Morgan fingerprint density at radius 1 is 0.853 bits per heavy atom. The summed E-state index contributed by atoms with van der Waals surface area (Å²) < 4.78 is 2.35. The summed E-state index contributed by atoms with van der Waals surface area (Å²) >= 11 is 0. The van der Waals surface area contributed by atoms with Crippen molar-refractivity contribution in [1.82, 2.24) is 14.9 Å². The van der Waals surface area contributed by atoms with Gasteiger partial charge in [-0.1, -0.05) is 122 Å². The topological polar surface area (TPSA) is 46.9 Å².